The van der Waals surface area contributed by atoms with Gasteiger partial charge in [-0.25, -0.2) is 0 Å². The summed E-state index contributed by atoms with van der Waals surface area (Å²) in [6.45, 7) is 0. The molecule has 0 saturated heterocycles. The van der Waals surface area contributed by atoms with E-state index in [1.54, 1.807) is 0 Å². The molecule has 0 radical (unpaired) electrons. The topological polar surface area (TPSA) is 103 Å². The van der Waals surface area contributed by atoms with Gasteiger partial charge in [-0.3, -0.25) is 19.7 Å². The van der Waals surface area contributed by atoms with E-state index in [1.165, 1.54) is 0 Å². The molecule has 2 N–H and O–H groups in total. The first kappa shape index (κ1) is 11.1. The first-order chi connectivity index (χ1) is 6.93. The van der Waals surface area contributed by atoms with E-state index in [-0.39, 0.29) is 16.3 Å². The predicted octanol–water partition coefficient (Wildman–Crippen LogP) is 0.916. The third-order valence-electron chi connectivity index (χ3n) is 1.63. The van der Waals surface area contributed by atoms with Crippen molar-refractivity contribution in [1.82, 2.24) is 0 Å². The molecule has 0 aliphatic heterocycles. The van der Waals surface area contributed by atoms with Gasteiger partial charge in [0.2, 0.25) is 0 Å². The number of nitrogens with two attached hydrogens (primary N) is 1. The second kappa shape index (κ2) is 4.05. The van der Waals surface area contributed by atoms with Crippen molar-refractivity contribution in [3.05, 3.63) is 38.9 Å². The van der Waals surface area contributed by atoms with Crippen LogP contribution in [0.25, 0.3) is 0 Å². The van der Waals surface area contributed by atoms with Gasteiger partial charge in [0.1, 0.15) is 0 Å². The number of nitro benzene ring substituents is 1. The van der Waals surface area contributed by atoms with Crippen LogP contribution < -0.4 is 5.73 Å². The molecule has 6 nitrogen and oxygen atoms in total. The average molecular weight is 229 g/mol. The molecule has 0 saturated carbocycles. The van der Waals surface area contributed by atoms with E-state index in [9.17, 15) is 19.7 Å². The Labute approximate surface area is 88.8 Å². The number of hydrogen-bond acceptors (Lipinski definition) is 4. The molecule has 1 aromatic rings. The Kier molecular flexibility index (Phi) is 3.01. The van der Waals surface area contributed by atoms with Crippen molar-refractivity contribution < 1.29 is 14.5 Å². The molecule has 0 heterocycles. The van der Waals surface area contributed by atoms with Crippen LogP contribution >= 0.6 is 11.6 Å². The largest absolute Gasteiger partial charge is 0.363 e. The number of nitrogens with zero attached hydrogens (tertiary/aromatic N) is 1. The zero-order chi connectivity index (χ0) is 11.6. The molecule has 0 spiro atoms. The van der Waals surface area contributed by atoms with E-state index in [1.807, 2.05) is 0 Å². The highest BCUT2D eigenvalue weighted by atomic mass is 35.5. The fourth-order valence-electron chi connectivity index (χ4n) is 0.934. The van der Waals surface area contributed by atoms with Crippen molar-refractivity contribution in [2.45, 2.75) is 0 Å². The maximum atomic E-state index is 11.2. The van der Waals surface area contributed by atoms with Crippen LogP contribution in [-0.2, 0) is 4.79 Å². The van der Waals surface area contributed by atoms with Gasteiger partial charge >= 0.3 is 0 Å². The summed E-state index contributed by atoms with van der Waals surface area (Å²) in [7, 11) is 0. The van der Waals surface area contributed by atoms with Crippen LogP contribution in [-0.4, -0.2) is 16.6 Å². The number of non-ortho nitro benzene ring substituents is 1. The Morgan fingerprint density at radius 2 is 2.00 bits per heavy atom. The number of benzene rings is 1. The molecule has 0 bridgehead atoms. The standard InChI is InChI=1S/C8H5ClN2O4/c9-6-2-1-4(11(14)15)3-5(6)7(12)8(10)13/h1-3H,(H2,10,13). The Balaban J connectivity index is 3.28. The summed E-state index contributed by atoms with van der Waals surface area (Å²) in [6.07, 6.45) is 0. The summed E-state index contributed by atoms with van der Waals surface area (Å²) in [4.78, 5) is 31.4. The molecule has 0 atom stereocenters. The molecular formula is C8H5ClN2O4. The summed E-state index contributed by atoms with van der Waals surface area (Å²) in [5.41, 5.74) is 4.15. The molecule has 7 heteroatoms. The number of carbonyl (C=O) groups excluding carboxylic acids is 2. The zero-order valence-electron chi connectivity index (χ0n) is 7.27. The van der Waals surface area contributed by atoms with Gasteiger partial charge in [0.05, 0.1) is 15.5 Å². The first-order valence-corrected chi connectivity index (χ1v) is 4.09. The van der Waals surface area contributed by atoms with Gasteiger partial charge in [-0.2, -0.15) is 0 Å². The highest BCUT2D eigenvalue weighted by Crippen LogP contribution is 2.22. The monoisotopic (exact) mass is 228 g/mol. The van der Waals surface area contributed by atoms with Crippen molar-refractivity contribution in [1.29, 1.82) is 0 Å². The van der Waals surface area contributed by atoms with Gasteiger partial charge in [-0.15, -0.1) is 0 Å². The number of rotatable bonds is 3. The Hall–Kier alpha value is -1.95. The fourth-order valence-corrected chi connectivity index (χ4v) is 1.14. The van der Waals surface area contributed by atoms with Gasteiger partial charge in [0.25, 0.3) is 17.4 Å². The smallest absolute Gasteiger partial charge is 0.289 e. The summed E-state index contributed by atoms with van der Waals surface area (Å²) < 4.78 is 0. The van der Waals surface area contributed by atoms with Crippen LogP contribution in [0.15, 0.2) is 18.2 Å². The predicted molar refractivity (Wildman–Crippen MR) is 51.6 cm³/mol. The average Bonchev–Trinajstić information content (AvgIpc) is 2.16. The van der Waals surface area contributed by atoms with Crippen LogP contribution in [0.1, 0.15) is 10.4 Å². The second-order valence-corrected chi connectivity index (χ2v) is 3.02. The van der Waals surface area contributed by atoms with Gasteiger partial charge < -0.3 is 5.73 Å². The molecule has 1 rings (SSSR count). The molecule has 15 heavy (non-hydrogen) atoms. The Bertz CT molecular complexity index is 458. The maximum absolute atomic E-state index is 11.2. The van der Waals surface area contributed by atoms with Crippen LogP contribution in [0.3, 0.4) is 0 Å². The van der Waals surface area contributed by atoms with Gasteiger partial charge in [0, 0.05) is 12.1 Å². The van der Waals surface area contributed by atoms with E-state index in [0.717, 1.165) is 18.2 Å². The maximum Gasteiger partial charge on any atom is 0.289 e. The first-order valence-electron chi connectivity index (χ1n) is 3.71. The summed E-state index contributed by atoms with van der Waals surface area (Å²) >= 11 is 5.59. The van der Waals surface area contributed by atoms with Crippen LogP contribution in [0, 0.1) is 10.1 Å². The lowest BCUT2D eigenvalue weighted by Gasteiger charge is -1.99. The molecule has 0 aliphatic rings. The number of carbonyl (C=O) groups is 2. The normalized spacial score (nSPS) is 9.67. The molecule has 78 valence electrons. The molecule has 0 aliphatic carbocycles. The third kappa shape index (κ3) is 2.29. The van der Waals surface area contributed by atoms with Gasteiger partial charge in [-0.1, -0.05) is 11.6 Å². The van der Waals surface area contributed by atoms with Crippen LogP contribution in [0.2, 0.25) is 5.02 Å². The van der Waals surface area contributed by atoms with Crippen molar-refractivity contribution in [3.63, 3.8) is 0 Å². The molecule has 1 amide bonds. The molecule has 0 fully saturated rings. The van der Waals surface area contributed by atoms with E-state index in [4.69, 9.17) is 17.3 Å². The van der Waals surface area contributed by atoms with Crippen molar-refractivity contribution in [2.24, 2.45) is 5.73 Å². The molecule has 0 aromatic heterocycles. The number of ketones is 1. The quantitative estimate of drug-likeness (QED) is 0.359. The highest BCUT2D eigenvalue weighted by molar-refractivity contribution is 6.46. The number of amides is 1. The fraction of sp³-hybridized carbons (Fsp3) is 0. The van der Waals surface area contributed by atoms with E-state index < -0.39 is 16.6 Å². The lowest BCUT2D eigenvalue weighted by molar-refractivity contribution is -0.384. The minimum Gasteiger partial charge on any atom is -0.363 e. The van der Waals surface area contributed by atoms with Gasteiger partial charge in [0.15, 0.2) is 0 Å². The summed E-state index contributed by atoms with van der Waals surface area (Å²) in [5, 5.41) is 10.3. The van der Waals surface area contributed by atoms with Crippen molar-refractivity contribution in [2.75, 3.05) is 0 Å². The van der Waals surface area contributed by atoms with Gasteiger partial charge in [-0.05, 0) is 6.07 Å². The summed E-state index contributed by atoms with van der Waals surface area (Å²) in [6, 6.07) is 3.20. The Morgan fingerprint density at radius 1 is 1.40 bits per heavy atom. The molecule has 1 aromatic carbocycles. The molecule has 0 unspecified atom stereocenters. The van der Waals surface area contributed by atoms with E-state index >= 15 is 0 Å². The lowest BCUT2D eigenvalue weighted by Crippen LogP contribution is -2.23. The molecular weight excluding hydrogens is 224 g/mol. The van der Waals surface area contributed by atoms with Crippen LogP contribution in [0.4, 0.5) is 5.69 Å². The lowest BCUT2D eigenvalue weighted by atomic mass is 10.1. The Morgan fingerprint density at radius 3 is 2.47 bits per heavy atom. The second-order valence-electron chi connectivity index (χ2n) is 2.61. The highest BCUT2D eigenvalue weighted by Gasteiger charge is 2.19. The number of hydrogen-bond donors (Lipinski definition) is 1. The zero-order valence-corrected chi connectivity index (χ0v) is 8.02. The number of halogens is 1. The van der Waals surface area contributed by atoms with Crippen molar-refractivity contribution in [3.8, 4) is 0 Å². The third-order valence-corrected chi connectivity index (χ3v) is 1.96. The summed E-state index contributed by atoms with van der Waals surface area (Å²) in [5.74, 6) is -2.26. The minimum atomic E-state index is -1.21. The minimum absolute atomic E-state index is 0.0515. The number of nitro groups is 1. The van der Waals surface area contributed by atoms with Crippen molar-refractivity contribution >= 4 is 29.0 Å². The number of Topliss-reactive ketones (excluding diaryl/α,β-unsaturated/α-hetero) is 1. The van der Waals surface area contributed by atoms with E-state index in [0.29, 0.717) is 0 Å². The van der Waals surface area contributed by atoms with E-state index in [2.05, 4.69) is 0 Å². The SMILES string of the molecule is NC(=O)C(=O)c1cc([N+](=O)[O-])ccc1Cl. The number of primary amides is 1. The van der Waals surface area contributed by atoms with Crippen LogP contribution in [0.5, 0.6) is 0 Å².